The third-order valence-corrected chi connectivity index (χ3v) is 1.26. The van der Waals surface area contributed by atoms with Gasteiger partial charge in [0.1, 0.15) is 0 Å². The third kappa shape index (κ3) is 1.44. The smallest absolute Gasteiger partial charge is 0.397 e. The second-order valence-corrected chi connectivity index (χ2v) is 2.06. The Morgan fingerprint density at radius 3 is 1.77 bits per heavy atom. The van der Waals surface area contributed by atoms with Crippen LogP contribution in [0.2, 0.25) is 0 Å². The number of hydrogen-bond donors (Lipinski definition) is 1. The normalized spacial score (nSPS) is 10.2. The number of aromatic amines is 1. The van der Waals surface area contributed by atoms with E-state index in [-0.39, 0.29) is 0 Å². The second-order valence-electron chi connectivity index (χ2n) is 2.06. The average molecular weight is 196 g/mol. The van der Waals surface area contributed by atoms with Crippen molar-refractivity contribution in [1.82, 2.24) is 0 Å². The van der Waals surface area contributed by atoms with Gasteiger partial charge in [0, 0.05) is 0 Å². The molecule has 13 heavy (non-hydrogen) atoms. The molecule has 0 aliphatic rings. The van der Waals surface area contributed by atoms with Crippen molar-refractivity contribution in [3.8, 4) is 0 Å². The molecule has 70 valence electrons. The van der Waals surface area contributed by atoms with Gasteiger partial charge in [-0.15, -0.1) is 13.8 Å². The zero-order chi connectivity index (χ0) is 10.2. The summed E-state index contributed by atoms with van der Waals surface area (Å²) in [6.07, 6.45) is 0. The van der Waals surface area contributed by atoms with Gasteiger partial charge in [0.05, 0.1) is 0 Å². The van der Waals surface area contributed by atoms with Crippen molar-refractivity contribution in [2.45, 2.75) is 0 Å². The largest absolute Gasteiger partial charge is 0.477 e. The highest BCUT2D eigenvalue weighted by Gasteiger charge is 2.30. The Hall–Kier alpha value is -1.66. The SMILES string of the molecule is O=C(O)c1c(F)c(F)[nH+]c(F)c1F. The van der Waals surface area contributed by atoms with Gasteiger partial charge in [0.15, 0.2) is 5.56 Å². The Morgan fingerprint density at radius 2 is 1.46 bits per heavy atom. The van der Waals surface area contributed by atoms with Crippen molar-refractivity contribution in [1.29, 1.82) is 0 Å². The standard InChI is InChI=1S/C6HF4NO2/c7-2-1(6(12)13)3(8)5(10)11-4(2)9/h(H,12,13)/p+1. The van der Waals surface area contributed by atoms with Crippen LogP contribution in [0.5, 0.6) is 0 Å². The fraction of sp³-hybridized carbons (Fsp3) is 0. The summed E-state index contributed by atoms with van der Waals surface area (Å²) in [6.45, 7) is 0. The van der Waals surface area contributed by atoms with Crippen LogP contribution in [0.25, 0.3) is 0 Å². The molecule has 0 atom stereocenters. The number of carbonyl (C=O) groups is 1. The van der Waals surface area contributed by atoms with Crippen LogP contribution in [0.15, 0.2) is 0 Å². The molecule has 2 N–H and O–H groups in total. The maximum absolute atomic E-state index is 12.5. The second kappa shape index (κ2) is 3.00. The van der Waals surface area contributed by atoms with Crippen molar-refractivity contribution in [3.63, 3.8) is 0 Å². The lowest BCUT2D eigenvalue weighted by molar-refractivity contribution is -0.468. The van der Waals surface area contributed by atoms with Gasteiger partial charge >= 0.3 is 17.9 Å². The van der Waals surface area contributed by atoms with Gasteiger partial charge in [0.2, 0.25) is 11.6 Å². The molecule has 1 rings (SSSR count). The molecular weight excluding hydrogens is 194 g/mol. The van der Waals surface area contributed by atoms with Crippen molar-refractivity contribution in [2.75, 3.05) is 0 Å². The topological polar surface area (TPSA) is 51.4 Å². The van der Waals surface area contributed by atoms with Crippen LogP contribution in [0.1, 0.15) is 10.4 Å². The van der Waals surface area contributed by atoms with Crippen molar-refractivity contribution in [3.05, 3.63) is 29.1 Å². The molecule has 0 saturated heterocycles. The van der Waals surface area contributed by atoms with Crippen molar-refractivity contribution in [2.24, 2.45) is 0 Å². The quantitative estimate of drug-likeness (QED) is 0.532. The molecule has 0 saturated carbocycles. The monoisotopic (exact) mass is 196 g/mol. The maximum atomic E-state index is 12.5. The van der Waals surface area contributed by atoms with Crippen LogP contribution in [0.3, 0.4) is 0 Å². The molecule has 7 heteroatoms. The molecular formula is C6H2F4NO2+. The molecule has 1 aromatic rings. The van der Waals surface area contributed by atoms with Crippen LogP contribution in [-0.4, -0.2) is 11.1 Å². The summed E-state index contributed by atoms with van der Waals surface area (Å²) in [5.74, 6) is -9.74. The Balaban J connectivity index is 3.56. The van der Waals surface area contributed by atoms with Gasteiger partial charge in [-0.2, -0.15) is 8.78 Å². The van der Waals surface area contributed by atoms with Crippen LogP contribution in [0, 0.1) is 23.5 Å². The summed E-state index contributed by atoms with van der Waals surface area (Å²) in [4.78, 5) is 11.2. The number of carboxylic acid groups (broad SMARTS) is 1. The molecule has 0 unspecified atom stereocenters. The lowest BCUT2D eigenvalue weighted by Gasteiger charge is -1.95. The van der Waals surface area contributed by atoms with E-state index in [1.54, 1.807) is 0 Å². The summed E-state index contributed by atoms with van der Waals surface area (Å²) >= 11 is 0. The van der Waals surface area contributed by atoms with E-state index in [0.717, 1.165) is 4.98 Å². The number of hydrogen-bond acceptors (Lipinski definition) is 1. The Labute approximate surface area is 68.6 Å². The first-order valence-electron chi connectivity index (χ1n) is 2.93. The number of halogens is 4. The predicted molar refractivity (Wildman–Crippen MR) is 29.8 cm³/mol. The lowest BCUT2D eigenvalue weighted by Crippen LogP contribution is -2.23. The molecule has 0 amide bonds. The summed E-state index contributed by atoms with van der Waals surface area (Å²) in [5.41, 5.74) is -1.66. The van der Waals surface area contributed by atoms with E-state index in [4.69, 9.17) is 5.11 Å². The minimum Gasteiger partial charge on any atom is -0.477 e. The molecule has 0 bridgehead atoms. The van der Waals surface area contributed by atoms with Gasteiger partial charge < -0.3 is 5.11 Å². The Morgan fingerprint density at radius 1 is 1.08 bits per heavy atom. The molecule has 1 heterocycles. The van der Waals surface area contributed by atoms with Crippen LogP contribution in [-0.2, 0) is 0 Å². The first-order chi connectivity index (χ1) is 5.95. The first-order valence-corrected chi connectivity index (χ1v) is 2.93. The van der Waals surface area contributed by atoms with Crippen LogP contribution < -0.4 is 4.98 Å². The van der Waals surface area contributed by atoms with E-state index < -0.39 is 35.1 Å². The fourth-order valence-electron chi connectivity index (χ4n) is 0.710. The number of rotatable bonds is 1. The molecule has 0 aromatic carbocycles. The highest BCUT2D eigenvalue weighted by atomic mass is 19.2. The summed E-state index contributed by atoms with van der Waals surface area (Å²) < 4.78 is 49.6. The van der Waals surface area contributed by atoms with Gasteiger partial charge in [-0.3, -0.25) is 0 Å². The van der Waals surface area contributed by atoms with Crippen molar-refractivity contribution < 1.29 is 32.4 Å². The maximum Gasteiger partial charge on any atom is 0.397 e. The van der Waals surface area contributed by atoms with Gasteiger partial charge in [0.25, 0.3) is 0 Å². The minimum absolute atomic E-state index is 1.06. The minimum atomic E-state index is -2.08. The third-order valence-electron chi connectivity index (χ3n) is 1.26. The van der Waals surface area contributed by atoms with E-state index in [2.05, 4.69) is 0 Å². The Bertz CT molecular complexity index is 353. The number of aromatic nitrogens is 1. The van der Waals surface area contributed by atoms with Crippen molar-refractivity contribution >= 4 is 5.97 Å². The number of pyridine rings is 1. The average Bonchev–Trinajstić information content (AvgIpc) is 2.01. The fourth-order valence-corrected chi connectivity index (χ4v) is 0.710. The highest BCUT2D eigenvalue weighted by molar-refractivity contribution is 5.87. The molecule has 1 aromatic heterocycles. The van der Waals surface area contributed by atoms with Gasteiger partial charge in [-0.05, 0) is 0 Å². The van der Waals surface area contributed by atoms with E-state index in [0.29, 0.717) is 0 Å². The number of aromatic carboxylic acids is 1. The number of carboxylic acids is 1. The van der Waals surface area contributed by atoms with Gasteiger partial charge in [-0.25, -0.2) is 4.79 Å². The van der Waals surface area contributed by atoms with Gasteiger partial charge in [-0.1, -0.05) is 0 Å². The molecule has 0 fully saturated rings. The summed E-state index contributed by atoms with van der Waals surface area (Å²) in [7, 11) is 0. The van der Waals surface area contributed by atoms with E-state index in [1.165, 1.54) is 0 Å². The van der Waals surface area contributed by atoms with E-state index in [1.807, 2.05) is 0 Å². The highest BCUT2D eigenvalue weighted by Crippen LogP contribution is 2.13. The summed E-state index contributed by atoms with van der Waals surface area (Å²) in [6, 6.07) is 0. The Kier molecular flexibility index (Phi) is 2.18. The zero-order valence-corrected chi connectivity index (χ0v) is 5.87. The molecule has 0 aliphatic carbocycles. The van der Waals surface area contributed by atoms with E-state index in [9.17, 15) is 22.4 Å². The number of H-pyrrole nitrogens is 1. The predicted octanol–water partition coefficient (Wildman–Crippen LogP) is 0.755. The molecule has 0 aliphatic heterocycles. The summed E-state index contributed by atoms with van der Waals surface area (Å²) in [5, 5.41) is 8.17. The van der Waals surface area contributed by atoms with E-state index >= 15 is 0 Å². The van der Waals surface area contributed by atoms with Crippen LogP contribution >= 0.6 is 0 Å². The lowest BCUT2D eigenvalue weighted by atomic mass is 10.2. The molecule has 3 nitrogen and oxygen atoms in total. The molecule has 0 radical (unpaired) electrons. The number of nitrogens with one attached hydrogen (secondary N) is 1. The zero-order valence-electron chi connectivity index (χ0n) is 5.87. The van der Waals surface area contributed by atoms with Crippen LogP contribution in [0.4, 0.5) is 17.6 Å². The first kappa shape index (κ1) is 9.43. The molecule has 0 spiro atoms.